The molecule has 1 nitrogen and oxygen atoms in total. The van der Waals surface area contributed by atoms with E-state index in [0.717, 1.165) is 12.8 Å². The van der Waals surface area contributed by atoms with E-state index in [-0.39, 0.29) is 17.5 Å². The minimum absolute atomic E-state index is 0.0286. The van der Waals surface area contributed by atoms with Crippen LogP contribution in [0.2, 0.25) is 0 Å². The van der Waals surface area contributed by atoms with Gasteiger partial charge in [-0.2, -0.15) is 0 Å². The molecule has 2 aromatic carbocycles. The van der Waals surface area contributed by atoms with Crippen LogP contribution in [-0.2, 0) is 12.8 Å². The Labute approximate surface area is 119 Å². The molecule has 0 aliphatic heterocycles. The quantitative estimate of drug-likeness (QED) is 0.759. The Bertz CT molecular complexity index is 626. The molecule has 0 amide bonds. The Hall–Kier alpha value is -1.48. The first-order valence-electron chi connectivity index (χ1n) is 6.21. The van der Waals surface area contributed by atoms with Crippen molar-refractivity contribution in [2.24, 2.45) is 5.92 Å². The van der Waals surface area contributed by atoms with Gasteiger partial charge < -0.3 is 0 Å². The molecule has 3 rings (SSSR count). The first-order chi connectivity index (χ1) is 9.15. The molecular formula is C16H12BrFO. The Morgan fingerprint density at radius 3 is 2.32 bits per heavy atom. The summed E-state index contributed by atoms with van der Waals surface area (Å²) in [7, 11) is 0. The van der Waals surface area contributed by atoms with Crippen molar-refractivity contribution < 1.29 is 9.18 Å². The monoisotopic (exact) mass is 318 g/mol. The second-order valence-corrected chi connectivity index (χ2v) is 5.72. The topological polar surface area (TPSA) is 17.1 Å². The highest BCUT2D eigenvalue weighted by Crippen LogP contribution is 2.31. The summed E-state index contributed by atoms with van der Waals surface area (Å²) in [4.78, 5) is 12.5. The van der Waals surface area contributed by atoms with E-state index in [0.29, 0.717) is 10.0 Å². The minimum Gasteiger partial charge on any atom is -0.294 e. The van der Waals surface area contributed by atoms with Crippen LogP contribution in [0.5, 0.6) is 0 Å². The Morgan fingerprint density at radius 2 is 1.74 bits per heavy atom. The lowest BCUT2D eigenvalue weighted by molar-refractivity contribution is 0.0924. The summed E-state index contributed by atoms with van der Waals surface area (Å²) in [5.41, 5.74) is 3.07. The molecule has 0 aromatic heterocycles. The lowest BCUT2D eigenvalue weighted by atomic mass is 9.95. The third-order valence-electron chi connectivity index (χ3n) is 3.62. The lowest BCUT2D eigenvalue weighted by Crippen LogP contribution is -2.15. The van der Waals surface area contributed by atoms with Gasteiger partial charge in [-0.3, -0.25) is 4.79 Å². The summed E-state index contributed by atoms with van der Waals surface area (Å²) < 4.78 is 13.6. The molecule has 1 aliphatic rings. The van der Waals surface area contributed by atoms with E-state index < -0.39 is 0 Å². The van der Waals surface area contributed by atoms with Gasteiger partial charge in [0.2, 0.25) is 0 Å². The molecule has 2 aromatic rings. The molecule has 0 unspecified atom stereocenters. The summed E-state index contributed by atoms with van der Waals surface area (Å²) >= 11 is 3.27. The van der Waals surface area contributed by atoms with Crippen molar-refractivity contribution in [3.05, 3.63) is 69.4 Å². The molecule has 0 radical (unpaired) electrons. The van der Waals surface area contributed by atoms with Gasteiger partial charge in [0.05, 0.1) is 0 Å². The molecule has 96 valence electrons. The van der Waals surface area contributed by atoms with Crippen LogP contribution in [0.1, 0.15) is 21.5 Å². The van der Waals surface area contributed by atoms with Crippen molar-refractivity contribution in [3.8, 4) is 0 Å². The first kappa shape index (κ1) is 12.5. The predicted molar refractivity (Wildman–Crippen MR) is 75.8 cm³/mol. The van der Waals surface area contributed by atoms with E-state index in [1.165, 1.54) is 23.3 Å². The van der Waals surface area contributed by atoms with E-state index in [1.54, 1.807) is 6.07 Å². The molecule has 0 saturated heterocycles. The average molecular weight is 319 g/mol. The van der Waals surface area contributed by atoms with Gasteiger partial charge in [0.15, 0.2) is 5.78 Å². The fraction of sp³-hybridized carbons (Fsp3) is 0.188. The third kappa shape index (κ3) is 2.35. The summed E-state index contributed by atoms with van der Waals surface area (Å²) in [5, 5.41) is 0. The van der Waals surface area contributed by atoms with Crippen molar-refractivity contribution in [1.29, 1.82) is 0 Å². The van der Waals surface area contributed by atoms with Gasteiger partial charge in [-0.15, -0.1) is 0 Å². The maximum absolute atomic E-state index is 13.1. The molecule has 0 heterocycles. The number of fused-ring (bicyclic) bond motifs is 1. The summed E-state index contributed by atoms with van der Waals surface area (Å²) in [6.07, 6.45) is 1.55. The third-order valence-corrected chi connectivity index (χ3v) is 4.27. The van der Waals surface area contributed by atoms with Crippen LogP contribution in [0.15, 0.2) is 46.9 Å². The molecule has 1 aliphatic carbocycles. The number of benzene rings is 2. The van der Waals surface area contributed by atoms with Crippen LogP contribution in [0.4, 0.5) is 4.39 Å². The molecule has 0 saturated carbocycles. The van der Waals surface area contributed by atoms with Crippen LogP contribution in [0.3, 0.4) is 0 Å². The predicted octanol–water partition coefficient (Wildman–Crippen LogP) is 4.19. The number of Topliss-reactive ketones (excluding diaryl/α,β-unsaturated/α-hetero) is 1. The highest BCUT2D eigenvalue weighted by atomic mass is 79.9. The molecule has 19 heavy (non-hydrogen) atoms. The Balaban J connectivity index is 1.87. The molecule has 0 bridgehead atoms. The van der Waals surface area contributed by atoms with E-state index in [4.69, 9.17) is 0 Å². The smallest absolute Gasteiger partial charge is 0.167 e. The fourth-order valence-corrected chi connectivity index (χ4v) is 3.20. The number of rotatable bonds is 2. The number of ketones is 1. The lowest BCUT2D eigenvalue weighted by Gasteiger charge is -2.09. The number of halogens is 2. The zero-order chi connectivity index (χ0) is 13.4. The van der Waals surface area contributed by atoms with Gasteiger partial charge in [0.25, 0.3) is 0 Å². The van der Waals surface area contributed by atoms with E-state index in [9.17, 15) is 9.18 Å². The normalized spacial score (nSPS) is 14.4. The second-order valence-electron chi connectivity index (χ2n) is 4.86. The van der Waals surface area contributed by atoms with Gasteiger partial charge >= 0.3 is 0 Å². The largest absolute Gasteiger partial charge is 0.294 e. The highest BCUT2D eigenvalue weighted by Gasteiger charge is 2.28. The van der Waals surface area contributed by atoms with Crippen molar-refractivity contribution in [2.45, 2.75) is 12.8 Å². The molecule has 0 spiro atoms. The summed E-state index contributed by atoms with van der Waals surface area (Å²) in [6, 6.07) is 12.4. The van der Waals surface area contributed by atoms with E-state index in [2.05, 4.69) is 28.1 Å². The van der Waals surface area contributed by atoms with Crippen LogP contribution in [-0.4, -0.2) is 5.78 Å². The van der Waals surface area contributed by atoms with E-state index in [1.807, 2.05) is 12.1 Å². The zero-order valence-corrected chi connectivity index (χ0v) is 11.8. The number of carbonyl (C=O) groups is 1. The standard InChI is InChI=1S/C16H12BrFO/c17-15-9-13(18)5-6-14(15)16(19)12-7-10-3-1-2-4-11(10)8-12/h1-6,9,12H,7-8H2. The maximum Gasteiger partial charge on any atom is 0.167 e. The van der Waals surface area contributed by atoms with Crippen molar-refractivity contribution in [3.63, 3.8) is 0 Å². The zero-order valence-electron chi connectivity index (χ0n) is 10.2. The van der Waals surface area contributed by atoms with Crippen molar-refractivity contribution in [2.75, 3.05) is 0 Å². The number of hydrogen-bond acceptors (Lipinski definition) is 1. The van der Waals surface area contributed by atoms with Gasteiger partial charge in [0.1, 0.15) is 5.82 Å². The second kappa shape index (κ2) is 4.89. The van der Waals surface area contributed by atoms with Crippen LogP contribution in [0, 0.1) is 11.7 Å². The Kier molecular flexibility index (Phi) is 3.23. The minimum atomic E-state index is -0.335. The molecular weight excluding hydrogens is 307 g/mol. The van der Waals surface area contributed by atoms with Crippen molar-refractivity contribution in [1.82, 2.24) is 0 Å². The highest BCUT2D eigenvalue weighted by molar-refractivity contribution is 9.10. The SMILES string of the molecule is O=C(c1ccc(F)cc1Br)C1Cc2ccccc2C1. The number of hydrogen-bond donors (Lipinski definition) is 0. The summed E-state index contributed by atoms with van der Waals surface area (Å²) in [5.74, 6) is -0.277. The van der Waals surface area contributed by atoms with Gasteiger partial charge in [0, 0.05) is 16.0 Å². The molecule has 0 atom stereocenters. The van der Waals surface area contributed by atoms with Gasteiger partial charge in [-0.05, 0) is 58.1 Å². The van der Waals surface area contributed by atoms with Gasteiger partial charge in [-0.25, -0.2) is 4.39 Å². The van der Waals surface area contributed by atoms with E-state index >= 15 is 0 Å². The van der Waals surface area contributed by atoms with Crippen LogP contribution < -0.4 is 0 Å². The van der Waals surface area contributed by atoms with Crippen LogP contribution in [0.25, 0.3) is 0 Å². The molecule has 0 N–H and O–H groups in total. The molecule has 0 fully saturated rings. The molecule has 3 heteroatoms. The average Bonchev–Trinajstić information content (AvgIpc) is 2.81. The Morgan fingerprint density at radius 1 is 1.11 bits per heavy atom. The van der Waals surface area contributed by atoms with Gasteiger partial charge in [-0.1, -0.05) is 24.3 Å². The fourth-order valence-electron chi connectivity index (χ4n) is 2.65. The number of carbonyl (C=O) groups excluding carboxylic acids is 1. The van der Waals surface area contributed by atoms with Crippen LogP contribution >= 0.6 is 15.9 Å². The van der Waals surface area contributed by atoms with Crippen molar-refractivity contribution >= 4 is 21.7 Å². The first-order valence-corrected chi connectivity index (χ1v) is 7.00. The summed E-state index contributed by atoms with van der Waals surface area (Å²) in [6.45, 7) is 0. The maximum atomic E-state index is 13.1.